The van der Waals surface area contributed by atoms with Crippen LogP contribution in [0.3, 0.4) is 0 Å². The van der Waals surface area contributed by atoms with Crippen LogP contribution in [-0.4, -0.2) is 57.3 Å². The summed E-state index contributed by atoms with van der Waals surface area (Å²) in [5, 5.41) is 41.7. The van der Waals surface area contributed by atoms with Crippen LogP contribution in [0.15, 0.2) is 24.3 Å². The van der Waals surface area contributed by atoms with Crippen LogP contribution in [0.1, 0.15) is 30.6 Å². The van der Waals surface area contributed by atoms with E-state index < -0.39 is 34.2 Å². The fraction of sp³-hybridized carbons (Fsp3) is 0.500. The number of rotatable bonds is 9. The number of aliphatic hydroxyl groups is 3. The van der Waals surface area contributed by atoms with E-state index in [0.717, 1.165) is 12.1 Å². The molecular weight excluding hydrogens is 332 g/mol. The summed E-state index contributed by atoms with van der Waals surface area (Å²) in [7, 11) is 0. The Morgan fingerprint density at radius 2 is 1.80 bits per heavy atom. The van der Waals surface area contributed by atoms with E-state index in [9.17, 15) is 29.9 Å². The molecule has 0 spiro atoms. The summed E-state index contributed by atoms with van der Waals surface area (Å²) < 4.78 is 0. The van der Waals surface area contributed by atoms with Gasteiger partial charge in [0, 0.05) is 29.7 Å². The SMILES string of the molecule is CC(C)(CO)[C@@H](O)C(=O)NCCC(O)C(=O)c1ccc([N+](=O)[O-])cc1. The van der Waals surface area contributed by atoms with Gasteiger partial charge in [0.1, 0.15) is 12.2 Å². The molecule has 0 aliphatic heterocycles. The molecule has 1 aromatic rings. The van der Waals surface area contributed by atoms with E-state index in [4.69, 9.17) is 5.11 Å². The molecule has 4 N–H and O–H groups in total. The van der Waals surface area contributed by atoms with Crippen LogP contribution in [0.5, 0.6) is 0 Å². The van der Waals surface area contributed by atoms with Gasteiger partial charge in [-0.25, -0.2) is 0 Å². The summed E-state index contributed by atoms with van der Waals surface area (Å²) in [4.78, 5) is 33.8. The first-order valence-corrected chi connectivity index (χ1v) is 7.63. The maximum Gasteiger partial charge on any atom is 0.269 e. The quantitative estimate of drug-likeness (QED) is 0.277. The minimum absolute atomic E-state index is 0.0582. The van der Waals surface area contributed by atoms with Gasteiger partial charge in [0.2, 0.25) is 5.91 Å². The van der Waals surface area contributed by atoms with Gasteiger partial charge in [-0.15, -0.1) is 0 Å². The van der Waals surface area contributed by atoms with E-state index in [1.165, 1.54) is 26.0 Å². The second kappa shape index (κ2) is 8.65. The summed E-state index contributed by atoms with van der Waals surface area (Å²) >= 11 is 0. The molecule has 0 saturated carbocycles. The smallest absolute Gasteiger partial charge is 0.269 e. The molecule has 2 atom stereocenters. The van der Waals surface area contributed by atoms with Gasteiger partial charge in [-0.1, -0.05) is 13.8 Å². The number of hydrogen-bond acceptors (Lipinski definition) is 7. The molecule has 0 heterocycles. The van der Waals surface area contributed by atoms with E-state index in [2.05, 4.69) is 5.32 Å². The van der Waals surface area contributed by atoms with Crippen molar-refractivity contribution in [3.63, 3.8) is 0 Å². The molecule has 0 aliphatic rings. The lowest BCUT2D eigenvalue weighted by Crippen LogP contribution is -2.46. The number of benzene rings is 1. The molecule has 138 valence electrons. The second-order valence-corrected chi connectivity index (χ2v) is 6.31. The van der Waals surface area contributed by atoms with Crippen molar-refractivity contribution >= 4 is 17.4 Å². The summed E-state index contributed by atoms with van der Waals surface area (Å²) in [6.07, 6.45) is -2.92. The Bertz CT molecular complexity index is 628. The number of ketones is 1. The lowest BCUT2D eigenvalue weighted by molar-refractivity contribution is -0.384. The van der Waals surface area contributed by atoms with Crippen molar-refractivity contribution in [3.8, 4) is 0 Å². The molecule has 0 fully saturated rings. The number of non-ortho nitro benzene ring substituents is 1. The van der Waals surface area contributed by atoms with E-state index in [0.29, 0.717) is 0 Å². The van der Waals surface area contributed by atoms with E-state index in [1.807, 2.05) is 0 Å². The Kier molecular flexibility index (Phi) is 7.16. The van der Waals surface area contributed by atoms with Gasteiger partial charge >= 0.3 is 0 Å². The fourth-order valence-electron chi connectivity index (χ4n) is 1.94. The van der Waals surface area contributed by atoms with E-state index >= 15 is 0 Å². The van der Waals surface area contributed by atoms with Gasteiger partial charge in [0.05, 0.1) is 11.5 Å². The minimum atomic E-state index is -1.43. The number of carbonyl (C=O) groups excluding carboxylic acids is 2. The average molecular weight is 354 g/mol. The van der Waals surface area contributed by atoms with Gasteiger partial charge in [-0.05, 0) is 18.6 Å². The summed E-state index contributed by atoms with van der Waals surface area (Å²) in [6.45, 7) is 2.59. The van der Waals surface area contributed by atoms with Crippen LogP contribution in [0.4, 0.5) is 5.69 Å². The molecule has 1 aromatic carbocycles. The maximum absolute atomic E-state index is 12.0. The molecule has 1 amide bonds. The zero-order valence-corrected chi connectivity index (χ0v) is 14.0. The Hall–Kier alpha value is -2.36. The Morgan fingerprint density at radius 1 is 1.24 bits per heavy atom. The van der Waals surface area contributed by atoms with Gasteiger partial charge in [-0.2, -0.15) is 0 Å². The van der Waals surface area contributed by atoms with Crippen LogP contribution in [0.2, 0.25) is 0 Å². The van der Waals surface area contributed by atoms with E-state index in [-0.39, 0.29) is 30.8 Å². The Balaban J connectivity index is 2.53. The number of aliphatic hydroxyl groups excluding tert-OH is 3. The third-order valence-electron chi connectivity index (χ3n) is 3.78. The van der Waals surface area contributed by atoms with Crippen molar-refractivity contribution in [3.05, 3.63) is 39.9 Å². The van der Waals surface area contributed by atoms with Crippen molar-refractivity contribution in [1.29, 1.82) is 0 Å². The van der Waals surface area contributed by atoms with Crippen molar-refractivity contribution in [2.75, 3.05) is 13.2 Å². The maximum atomic E-state index is 12.0. The topological polar surface area (TPSA) is 150 Å². The highest BCUT2D eigenvalue weighted by Crippen LogP contribution is 2.19. The number of hydrogen-bond donors (Lipinski definition) is 4. The zero-order valence-electron chi connectivity index (χ0n) is 14.0. The van der Waals surface area contributed by atoms with Gasteiger partial charge in [0.25, 0.3) is 5.69 Å². The molecule has 9 heteroatoms. The number of nitro benzene ring substituents is 1. The molecule has 0 aromatic heterocycles. The van der Waals surface area contributed by atoms with Crippen LogP contribution < -0.4 is 5.32 Å². The minimum Gasteiger partial charge on any atom is -0.396 e. The first kappa shape index (κ1) is 20.7. The molecular formula is C16H22N2O7. The molecule has 0 aliphatic carbocycles. The predicted octanol–water partition coefficient (Wildman–Crippen LogP) is 0.0241. The Labute approximate surface area is 144 Å². The number of Topliss-reactive ketones (excluding diaryl/α,β-unsaturated/α-hetero) is 1. The number of nitro groups is 1. The highest BCUT2D eigenvalue weighted by atomic mass is 16.6. The highest BCUT2D eigenvalue weighted by molar-refractivity contribution is 5.99. The molecule has 1 unspecified atom stereocenters. The van der Waals surface area contributed by atoms with Gasteiger partial charge < -0.3 is 20.6 Å². The normalized spacial score (nSPS) is 13.8. The lowest BCUT2D eigenvalue weighted by atomic mass is 9.87. The van der Waals surface area contributed by atoms with Gasteiger partial charge in [-0.3, -0.25) is 19.7 Å². The molecule has 0 saturated heterocycles. The van der Waals surface area contributed by atoms with Crippen molar-refractivity contribution < 1.29 is 29.8 Å². The largest absolute Gasteiger partial charge is 0.396 e. The number of carbonyl (C=O) groups is 2. The molecule has 9 nitrogen and oxygen atoms in total. The third kappa shape index (κ3) is 5.59. The lowest BCUT2D eigenvalue weighted by Gasteiger charge is -2.27. The zero-order chi connectivity index (χ0) is 19.2. The summed E-state index contributed by atoms with van der Waals surface area (Å²) in [5.74, 6) is -1.34. The monoisotopic (exact) mass is 354 g/mol. The van der Waals surface area contributed by atoms with Crippen LogP contribution >= 0.6 is 0 Å². The summed E-state index contributed by atoms with van der Waals surface area (Å²) in [6, 6.07) is 4.82. The first-order valence-electron chi connectivity index (χ1n) is 7.63. The number of nitrogens with one attached hydrogen (secondary N) is 1. The molecule has 0 radical (unpaired) electrons. The predicted molar refractivity (Wildman–Crippen MR) is 87.9 cm³/mol. The van der Waals surface area contributed by atoms with Gasteiger partial charge in [0.15, 0.2) is 5.78 Å². The molecule has 0 bridgehead atoms. The molecule has 25 heavy (non-hydrogen) atoms. The highest BCUT2D eigenvalue weighted by Gasteiger charge is 2.32. The van der Waals surface area contributed by atoms with Crippen LogP contribution in [-0.2, 0) is 4.79 Å². The number of nitrogens with zero attached hydrogens (tertiary/aromatic N) is 1. The van der Waals surface area contributed by atoms with Crippen molar-refractivity contribution in [1.82, 2.24) is 5.32 Å². The van der Waals surface area contributed by atoms with Crippen LogP contribution in [0, 0.1) is 15.5 Å². The van der Waals surface area contributed by atoms with Crippen molar-refractivity contribution in [2.24, 2.45) is 5.41 Å². The summed E-state index contributed by atoms with van der Waals surface area (Å²) in [5.41, 5.74) is -1.07. The average Bonchev–Trinajstić information content (AvgIpc) is 2.60. The van der Waals surface area contributed by atoms with Crippen molar-refractivity contribution in [2.45, 2.75) is 32.5 Å². The van der Waals surface area contributed by atoms with E-state index in [1.54, 1.807) is 0 Å². The van der Waals surface area contributed by atoms with Crippen LogP contribution in [0.25, 0.3) is 0 Å². The second-order valence-electron chi connectivity index (χ2n) is 6.31. The Morgan fingerprint density at radius 3 is 2.28 bits per heavy atom. The number of amides is 1. The fourth-order valence-corrected chi connectivity index (χ4v) is 1.94. The third-order valence-corrected chi connectivity index (χ3v) is 3.78. The standard InChI is InChI=1S/C16H22N2O7/c1-16(2,9-19)14(22)15(23)17-8-7-12(20)13(21)10-3-5-11(6-4-10)18(24)25/h3-6,12,14,19-20,22H,7-9H2,1-2H3,(H,17,23)/t12?,14-/m0/s1. The first-order chi connectivity index (χ1) is 11.6. The molecule has 1 rings (SSSR count).